The molecular formula is C26H23N3OS. The van der Waals surface area contributed by atoms with Crippen LogP contribution in [0.3, 0.4) is 0 Å². The van der Waals surface area contributed by atoms with Gasteiger partial charge in [-0.2, -0.15) is 0 Å². The van der Waals surface area contributed by atoms with Crippen LogP contribution in [0.5, 0.6) is 5.75 Å². The van der Waals surface area contributed by atoms with E-state index in [1.165, 1.54) is 21.2 Å². The molecule has 0 saturated carbocycles. The van der Waals surface area contributed by atoms with Crippen molar-refractivity contribution in [3.8, 4) is 16.9 Å². The Morgan fingerprint density at radius 1 is 0.903 bits per heavy atom. The third kappa shape index (κ3) is 3.62. The number of aromatic nitrogens is 2. The molecule has 154 valence electrons. The van der Waals surface area contributed by atoms with E-state index >= 15 is 0 Å². The fourth-order valence-corrected chi connectivity index (χ4v) is 5.09. The largest absolute Gasteiger partial charge is 0.494 e. The summed E-state index contributed by atoms with van der Waals surface area (Å²) in [5.74, 6) is 2.48. The lowest BCUT2D eigenvalue weighted by Gasteiger charge is -2.12. The highest BCUT2D eigenvalue weighted by Gasteiger charge is 2.18. The topological polar surface area (TPSA) is 47.0 Å². The van der Waals surface area contributed by atoms with E-state index in [1.54, 1.807) is 11.3 Å². The number of benzene rings is 3. The molecule has 0 aliphatic rings. The molecule has 0 spiro atoms. The van der Waals surface area contributed by atoms with Gasteiger partial charge in [0.1, 0.15) is 22.2 Å². The Balaban J connectivity index is 1.68. The lowest BCUT2D eigenvalue weighted by Crippen LogP contribution is -1.99. The Morgan fingerprint density at radius 3 is 2.48 bits per heavy atom. The maximum Gasteiger partial charge on any atom is 0.143 e. The quantitative estimate of drug-likeness (QED) is 0.322. The standard InChI is InChI=1S/C26H23N3OS/c1-4-30-20-14-12-19(13-15-20)23-16(2)31-26-24(23)25(27-17(3)28-26)29-22-11-7-9-18-8-5-6-10-21(18)22/h5-15H,4H2,1-3H3,(H,27,28,29). The lowest BCUT2D eigenvalue weighted by atomic mass is 10.0. The predicted octanol–water partition coefficient (Wildman–Crippen LogP) is 7.27. The Kier molecular flexibility index (Phi) is 5.04. The number of rotatable bonds is 5. The fourth-order valence-electron chi connectivity index (χ4n) is 4.00. The van der Waals surface area contributed by atoms with Crippen LogP contribution in [0.1, 0.15) is 17.6 Å². The normalized spacial score (nSPS) is 11.2. The summed E-state index contributed by atoms with van der Waals surface area (Å²) in [4.78, 5) is 11.8. The van der Waals surface area contributed by atoms with E-state index in [-0.39, 0.29) is 0 Å². The van der Waals surface area contributed by atoms with Gasteiger partial charge in [0.15, 0.2) is 0 Å². The summed E-state index contributed by atoms with van der Waals surface area (Å²) in [5, 5.41) is 7.04. The summed E-state index contributed by atoms with van der Waals surface area (Å²) < 4.78 is 5.62. The van der Waals surface area contributed by atoms with Crippen LogP contribution in [-0.4, -0.2) is 16.6 Å². The van der Waals surface area contributed by atoms with Crippen molar-refractivity contribution in [3.63, 3.8) is 0 Å². The van der Waals surface area contributed by atoms with Gasteiger partial charge in [0, 0.05) is 21.5 Å². The zero-order valence-corrected chi connectivity index (χ0v) is 18.6. The molecule has 0 aliphatic carbocycles. The molecule has 0 aliphatic heterocycles. The number of anilines is 2. The third-order valence-electron chi connectivity index (χ3n) is 5.34. The monoisotopic (exact) mass is 425 g/mol. The second-order valence-corrected chi connectivity index (χ2v) is 8.65. The molecule has 5 heteroatoms. The Morgan fingerprint density at radius 2 is 1.68 bits per heavy atom. The molecule has 31 heavy (non-hydrogen) atoms. The summed E-state index contributed by atoms with van der Waals surface area (Å²) in [7, 11) is 0. The van der Waals surface area contributed by atoms with Gasteiger partial charge in [-0.1, -0.05) is 48.5 Å². The summed E-state index contributed by atoms with van der Waals surface area (Å²) in [5.41, 5.74) is 3.35. The van der Waals surface area contributed by atoms with Crippen LogP contribution in [0.15, 0.2) is 66.7 Å². The molecule has 0 amide bonds. The second kappa shape index (κ2) is 8.00. The summed E-state index contributed by atoms with van der Waals surface area (Å²) >= 11 is 1.71. The molecule has 0 radical (unpaired) electrons. The van der Waals surface area contributed by atoms with Crippen LogP contribution in [0, 0.1) is 13.8 Å². The minimum Gasteiger partial charge on any atom is -0.494 e. The van der Waals surface area contributed by atoms with Crippen LogP contribution >= 0.6 is 11.3 Å². The van der Waals surface area contributed by atoms with Crippen LogP contribution in [0.4, 0.5) is 11.5 Å². The molecular weight excluding hydrogens is 402 g/mol. The van der Waals surface area contributed by atoms with E-state index in [2.05, 4.69) is 66.8 Å². The van der Waals surface area contributed by atoms with Crippen LogP contribution < -0.4 is 10.1 Å². The van der Waals surface area contributed by atoms with Gasteiger partial charge in [0.05, 0.1) is 12.0 Å². The highest BCUT2D eigenvalue weighted by Crippen LogP contribution is 2.42. The Bertz CT molecular complexity index is 1380. The third-order valence-corrected chi connectivity index (χ3v) is 6.34. The van der Waals surface area contributed by atoms with E-state index in [0.717, 1.165) is 38.9 Å². The molecule has 1 N–H and O–H groups in total. The lowest BCUT2D eigenvalue weighted by molar-refractivity contribution is 0.340. The van der Waals surface area contributed by atoms with E-state index in [0.29, 0.717) is 6.61 Å². The summed E-state index contributed by atoms with van der Waals surface area (Å²) in [6.07, 6.45) is 0. The first kappa shape index (κ1) is 19.5. The number of hydrogen-bond donors (Lipinski definition) is 1. The van der Waals surface area contributed by atoms with Gasteiger partial charge < -0.3 is 10.1 Å². The van der Waals surface area contributed by atoms with Crippen LogP contribution in [0.25, 0.3) is 32.1 Å². The predicted molar refractivity (Wildman–Crippen MR) is 131 cm³/mol. The van der Waals surface area contributed by atoms with Crippen molar-refractivity contribution in [2.75, 3.05) is 11.9 Å². The minimum absolute atomic E-state index is 0.659. The van der Waals surface area contributed by atoms with E-state index in [9.17, 15) is 0 Å². The number of nitrogens with one attached hydrogen (secondary N) is 1. The molecule has 5 rings (SSSR count). The number of nitrogens with zero attached hydrogens (tertiary/aromatic N) is 2. The summed E-state index contributed by atoms with van der Waals surface area (Å²) in [6, 6.07) is 23.0. The van der Waals surface area contributed by atoms with Crippen molar-refractivity contribution >= 4 is 43.8 Å². The highest BCUT2D eigenvalue weighted by atomic mass is 32.1. The number of hydrogen-bond acceptors (Lipinski definition) is 5. The minimum atomic E-state index is 0.659. The van der Waals surface area contributed by atoms with E-state index in [4.69, 9.17) is 14.7 Å². The molecule has 0 bridgehead atoms. The van der Waals surface area contributed by atoms with Crippen molar-refractivity contribution in [2.45, 2.75) is 20.8 Å². The average molecular weight is 426 g/mol. The Labute approximate surface area is 185 Å². The maximum atomic E-state index is 5.62. The molecule has 2 heterocycles. The average Bonchev–Trinajstić information content (AvgIpc) is 3.10. The SMILES string of the molecule is CCOc1ccc(-c2c(C)sc3nc(C)nc(Nc4cccc5ccccc45)c23)cc1. The van der Waals surface area contributed by atoms with Crippen molar-refractivity contribution in [1.29, 1.82) is 0 Å². The summed E-state index contributed by atoms with van der Waals surface area (Å²) in [6.45, 7) is 6.75. The van der Waals surface area contributed by atoms with Gasteiger partial charge in [-0.25, -0.2) is 9.97 Å². The van der Waals surface area contributed by atoms with Crippen molar-refractivity contribution in [2.24, 2.45) is 0 Å². The van der Waals surface area contributed by atoms with E-state index in [1.807, 2.05) is 26.0 Å². The molecule has 2 aromatic heterocycles. The molecule has 0 saturated heterocycles. The van der Waals surface area contributed by atoms with E-state index < -0.39 is 0 Å². The molecule has 0 atom stereocenters. The van der Waals surface area contributed by atoms with Crippen molar-refractivity contribution in [1.82, 2.24) is 9.97 Å². The second-order valence-electron chi connectivity index (χ2n) is 7.44. The molecule has 5 aromatic rings. The molecule has 3 aromatic carbocycles. The first-order chi connectivity index (χ1) is 15.1. The van der Waals surface area contributed by atoms with Crippen molar-refractivity contribution in [3.05, 3.63) is 77.4 Å². The Hall–Kier alpha value is -3.44. The first-order valence-corrected chi connectivity index (χ1v) is 11.2. The van der Waals surface area contributed by atoms with Gasteiger partial charge in [-0.15, -0.1) is 11.3 Å². The number of fused-ring (bicyclic) bond motifs is 2. The first-order valence-electron chi connectivity index (χ1n) is 10.4. The van der Waals surface area contributed by atoms with Crippen LogP contribution in [0.2, 0.25) is 0 Å². The molecule has 0 unspecified atom stereocenters. The maximum absolute atomic E-state index is 5.62. The zero-order chi connectivity index (χ0) is 21.4. The number of ether oxygens (including phenoxy) is 1. The number of thiophene rings is 1. The van der Waals surface area contributed by atoms with Gasteiger partial charge in [-0.05, 0) is 49.9 Å². The highest BCUT2D eigenvalue weighted by molar-refractivity contribution is 7.19. The van der Waals surface area contributed by atoms with Gasteiger partial charge in [0.2, 0.25) is 0 Å². The zero-order valence-electron chi connectivity index (χ0n) is 17.8. The molecule has 0 fully saturated rings. The van der Waals surface area contributed by atoms with Gasteiger partial charge in [0.25, 0.3) is 0 Å². The van der Waals surface area contributed by atoms with Crippen molar-refractivity contribution < 1.29 is 4.74 Å². The van der Waals surface area contributed by atoms with Gasteiger partial charge in [-0.3, -0.25) is 0 Å². The fraction of sp³-hybridized carbons (Fsp3) is 0.154. The smallest absolute Gasteiger partial charge is 0.143 e. The van der Waals surface area contributed by atoms with Crippen LogP contribution in [-0.2, 0) is 0 Å². The number of aryl methyl sites for hydroxylation is 2. The molecule has 4 nitrogen and oxygen atoms in total. The van der Waals surface area contributed by atoms with Gasteiger partial charge >= 0.3 is 0 Å².